The lowest BCUT2D eigenvalue weighted by atomic mass is 10.3. The van der Waals surface area contributed by atoms with Gasteiger partial charge in [0.1, 0.15) is 11.6 Å². The average molecular weight is 388 g/mol. The number of thiazole rings is 1. The molecule has 0 radical (unpaired) electrons. The van der Waals surface area contributed by atoms with Crippen LogP contribution < -0.4 is 10.1 Å². The molecule has 20 heavy (non-hydrogen) atoms. The molecule has 3 nitrogen and oxygen atoms in total. The molecule has 2 rings (SSSR count). The fourth-order valence-electron chi connectivity index (χ4n) is 1.40. The molecule has 0 aliphatic rings. The molecular formula is C11H7BrClF3N2OS. The maximum absolute atomic E-state index is 13.7. The van der Waals surface area contributed by atoms with Crippen molar-refractivity contribution >= 4 is 44.6 Å². The largest absolute Gasteiger partial charge is 0.434 e. The normalized spacial score (nSPS) is 10.9. The molecule has 1 aromatic carbocycles. The number of aromatic nitrogens is 1. The van der Waals surface area contributed by atoms with E-state index in [1.54, 1.807) is 6.20 Å². The van der Waals surface area contributed by atoms with Crippen molar-refractivity contribution in [3.05, 3.63) is 38.0 Å². The highest BCUT2D eigenvalue weighted by atomic mass is 79.9. The summed E-state index contributed by atoms with van der Waals surface area (Å²) >= 11 is 9.99. The van der Waals surface area contributed by atoms with Crippen LogP contribution in [0.15, 0.2) is 22.8 Å². The maximum atomic E-state index is 13.7. The van der Waals surface area contributed by atoms with Crippen molar-refractivity contribution in [2.45, 2.75) is 13.2 Å². The van der Waals surface area contributed by atoms with Gasteiger partial charge in [0, 0.05) is 17.1 Å². The van der Waals surface area contributed by atoms with Crippen LogP contribution in [0.2, 0.25) is 4.47 Å². The van der Waals surface area contributed by atoms with Gasteiger partial charge in [0.25, 0.3) is 0 Å². The van der Waals surface area contributed by atoms with Crippen LogP contribution in [0.4, 0.5) is 18.9 Å². The van der Waals surface area contributed by atoms with Gasteiger partial charge in [-0.2, -0.15) is 8.78 Å². The van der Waals surface area contributed by atoms with Crippen LogP contribution in [0.3, 0.4) is 0 Å². The highest BCUT2D eigenvalue weighted by molar-refractivity contribution is 9.10. The van der Waals surface area contributed by atoms with Gasteiger partial charge in [-0.15, -0.1) is 11.3 Å². The van der Waals surface area contributed by atoms with E-state index in [4.69, 9.17) is 11.6 Å². The van der Waals surface area contributed by atoms with Crippen molar-refractivity contribution in [2.75, 3.05) is 5.32 Å². The summed E-state index contributed by atoms with van der Waals surface area (Å²) in [7, 11) is 0. The molecule has 0 aliphatic carbocycles. The Morgan fingerprint density at radius 3 is 2.80 bits per heavy atom. The average Bonchev–Trinajstić information content (AvgIpc) is 2.77. The summed E-state index contributed by atoms with van der Waals surface area (Å²) in [5, 5.41) is 2.83. The molecule has 0 atom stereocenters. The summed E-state index contributed by atoms with van der Waals surface area (Å²) in [6, 6.07) is 2.22. The van der Waals surface area contributed by atoms with Crippen LogP contribution >= 0.6 is 38.9 Å². The molecule has 2 aromatic rings. The third-order valence-corrected chi connectivity index (χ3v) is 3.95. The first-order valence-electron chi connectivity index (χ1n) is 5.23. The van der Waals surface area contributed by atoms with Crippen molar-refractivity contribution in [3.63, 3.8) is 0 Å². The van der Waals surface area contributed by atoms with Gasteiger partial charge < -0.3 is 10.1 Å². The number of alkyl halides is 2. The second-order valence-corrected chi connectivity index (χ2v) is 6.13. The monoisotopic (exact) mass is 386 g/mol. The summed E-state index contributed by atoms with van der Waals surface area (Å²) in [5.41, 5.74) is 0.156. The second kappa shape index (κ2) is 6.64. The number of nitrogens with one attached hydrogen (secondary N) is 1. The number of rotatable bonds is 5. The Balaban J connectivity index is 2.10. The van der Waals surface area contributed by atoms with Crippen molar-refractivity contribution in [1.29, 1.82) is 0 Å². The van der Waals surface area contributed by atoms with Gasteiger partial charge in [0.15, 0.2) is 4.47 Å². The van der Waals surface area contributed by atoms with E-state index in [0.29, 0.717) is 11.0 Å². The Labute approximate surface area is 129 Å². The minimum absolute atomic E-state index is 0.156. The van der Waals surface area contributed by atoms with Crippen LogP contribution in [0.25, 0.3) is 0 Å². The highest BCUT2D eigenvalue weighted by Crippen LogP contribution is 2.32. The first-order chi connectivity index (χ1) is 9.45. The lowest BCUT2D eigenvalue weighted by molar-refractivity contribution is -0.0504. The Hall–Kier alpha value is -0.990. The van der Waals surface area contributed by atoms with Crippen LogP contribution in [0.1, 0.15) is 4.88 Å². The molecule has 0 aliphatic heterocycles. The van der Waals surface area contributed by atoms with Crippen LogP contribution in [-0.4, -0.2) is 11.6 Å². The Morgan fingerprint density at radius 2 is 2.20 bits per heavy atom. The maximum Gasteiger partial charge on any atom is 0.387 e. The molecule has 0 unspecified atom stereocenters. The van der Waals surface area contributed by atoms with E-state index >= 15 is 0 Å². The van der Waals surface area contributed by atoms with E-state index in [-0.39, 0.29) is 15.9 Å². The zero-order valence-corrected chi connectivity index (χ0v) is 12.8. The van der Waals surface area contributed by atoms with Gasteiger partial charge >= 0.3 is 6.61 Å². The van der Waals surface area contributed by atoms with E-state index < -0.39 is 12.4 Å². The molecule has 108 valence electrons. The van der Waals surface area contributed by atoms with E-state index in [2.05, 4.69) is 31.0 Å². The van der Waals surface area contributed by atoms with Crippen LogP contribution in [-0.2, 0) is 6.54 Å². The molecule has 9 heteroatoms. The molecule has 0 fully saturated rings. The molecule has 0 saturated heterocycles. The Kier molecular flexibility index (Phi) is 5.11. The van der Waals surface area contributed by atoms with E-state index in [9.17, 15) is 13.2 Å². The fourth-order valence-corrected chi connectivity index (χ4v) is 2.75. The predicted molar refractivity (Wildman–Crippen MR) is 75.2 cm³/mol. The number of ether oxygens (including phenoxy) is 1. The van der Waals surface area contributed by atoms with Gasteiger partial charge in [-0.3, -0.25) is 0 Å². The molecule has 1 heterocycles. The number of anilines is 1. The Bertz CT molecular complexity index is 611. The summed E-state index contributed by atoms with van der Waals surface area (Å²) in [5.74, 6) is -0.955. The molecule has 0 saturated carbocycles. The quantitative estimate of drug-likeness (QED) is 0.791. The first-order valence-corrected chi connectivity index (χ1v) is 7.22. The standard InChI is InChI=1S/C11H7BrClF3N2OS/c12-6-1-8(7(14)2-9(6)19-11(15)16)17-3-5-4-18-10(13)20-5/h1-2,4,11,17H,3H2. The molecular weight excluding hydrogens is 381 g/mol. The second-order valence-electron chi connectivity index (χ2n) is 3.57. The SMILES string of the molecule is Fc1cc(OC(F)F)c(Br)cc1NCc1cnc(Cl)s1. The minimum Gasteiger partial charge on any atom is -0.434 e. The summed E-state index contributed by atoms with van der Waals surface area (Å²) in [6.45, 7) is -2.69. The lowest BCUT2D eigenvalue weighted by Crippen LogP contribution is -2.05. The summed E-state index contributed by atoms with van der Waals surface area (Å²) < 4.78 is 42.7. The third kappa shape index (κ3) is 4.00. The number of halogens is 5. The fraction of sp³-hybridized carbons (Fsp3) is 0.182. The smallest absolute Gasteiger partial charge is 0.387 e. The topological polar surface area (TPSA) is 34.1 Å². The molecule has 1 aromatic heterocycles. The molecule has 0 bridgehead atoms. The zero-order chi connectivity index (χ0) is 14.7. The summed E-state index contributed by atoms with van der Waals surface area (Å²) in [6.07, 6.45) is 1.57. The molecule has 0 spiro atoms. The van der Waals surface area contributed by atoms with E-state index in [1.807, 2.05) is 0 Å². The predicted octanol–water partition coefficient (Wildman–Crippen LogP) is 4.91. The molecule has 1 N–H and O–H groups in total. The van der Waals surface area contributed by atoms with Gasteiger partial charge in [-0.1, -0.05) is 11.6 Å². The van der Waals surface area contributed by atoms with Crippen molar-refractivity contribution < 1.29 is 17.9 Å². The van der Waals surface area contributed by atoms with Crippen LogP contribution in [0, 0.1) is 5.82 Å². The number of hydrogen-bond donors (Lipinski definition) is 1. The number of benzene rings is 1. The summed E-state index contributed by atoms with van der Waals surface area (Å²) in [4.78, 5) is 4.67. The van der Waals surface area contributed by atoms with Crippen molar-refractivity contribution in [1.82, 2.24) is 4.98 Å². The van der Waals surface area contributed by atoms with Gasteiger partial charge in [0.2, 0.25) is 0 Å². The van der Waals surface area contributed by atoms with Crippen molar-refractivity contribution in [2.24, 2.45) is 0 Å². The Morgan fingerprint density at radius 1 is 1.45 bits per heavy atom. The van der Waals surface area contributed by atoms with Crippen LogP contribution in [0.5, 0.6) is 5.75 Å². The van der Waals surface area contributed by atoms with E-state index in [1.165, 1.54) is 17.4 Å². The van der Waals surface area contributed by atoms with Crippen molar-refractivity contribution in [3.8, 4) is 5.75 Å². The van der Waals surface area contributed by atoms with Gasteiger partial charge in [0.05, 0.1) is 16.7 Å². The number of hydrogen-bond acceptors (Lipinski definition) is 4. The lowest BCUT2D eigenvalue weighted by Gasteiger charge is -2.11. The van der Waals surface area contributed by atoms with Gasteiger partial charge in [-0.05, 0) is 22.0 Å². The highest BCUT2D eigenvalue weighted by Gasteiger charge is 2.13. The van der Waals surface area contributed by atoms with Gasteiger partial charge in [-0.25, -0.2) is 9.37 Å². The third-order valence-electron chi connectivity index (χ3n) is 2.22. The first kappa shape index (κ1) is 15.4. The number of nitrogens with zero attached hydrogens (tertiary/aromatic N) is 1. The molecule has 0 amide bonds. The van der Waals surface area contributed by atoms with E-state index in [0.717, 1.165) is 10.9 Å². The minimum atomic E-state index is -3.01. The zero-order valence-electron chi connectivity index (χ0n) is 9.67.